The number of rotatable bonds is 3. The molecule has 0 spiro atoms. The maximum Gasteiger partial charge on any atom is 0.251 e. The number of carbonyl (C=O) groups excluding carboxylic acids is 1. The third kappa shape index (κ3) is 2.69. The average Bonchev–Trinajstić information content (AvgIpc) is 2.41. The molecular formula is C15H16N2O. The second kappa shape index (κ2) is 5.36. The van der Waals surface area contributed by atoms with Crippen LogP contribution in [0.4, 0.5) is 11.4 Å². The van der Waals surface area contributed by atoms with Gasteiger partial charge in [0, 0.05) is 24.0 Å². The minimum absolute atomic E-state index is 0.0654. The Morgan fingerprint density at radius 1 is 1.06 bits per heavy atom. The van der Waals surface area contributed by atoms with Crippen LogP contribution in [-0.4, -0.2) is 13.0 Å². The van der Waals surface area contributed by atoms with E-state index >= 15 is 0 Å². The van der Waals surface area contributed by atoms with E-state index in [9.17, 15) is 4.79 Å². The molecule has 2 aromatic rings. The van der Waals surface area contributed by atoms with E-state index in [4.69, 9.17) is 0 Å². The smallest absolute Gasteiger partial charge is 0.251 e. The molecule has 2 N–H and O–H groups in total. The van der Waals surface area contributed by atoms with Crippen LogP contribution >= 0.6 is 0 Å². The molecule has 0 saturated carbocycles. The number of anilines is 2. The van der Waals surface area contributed by atoms with Crippen LogP contribution in [0.15, 0.2) is 48.5 Å². The summed E-state index contributed by atoms with van der Waals surface area (Å²) >= 11 is 0. The van der Waals surface area contributed by atoms with Gasteiger partial charge in [-0.05, 0) is 42.8 Å². The lowest BCUT2D eigenvalue weighted by Crippen LogP contribution is -2.17. The standard InChI is InChI=1S/C15H16N2O/c1-11-10-12(15(18)16-2)8-9-14(11)17-13-6-4-3-5-7-13/h3-10,17H,1-2H3,(H,16,18). The SMILES string of the molecule is CNC(=O)c1ccc(Nc2ccccc2)c(C)c1. The Morgan fingerprint density at radius 3 is 2.39 bits per heavy atom. The first kappa shape index (κ1) is 12.2. The van der Waals surface area contributed by atoms with Gasteiger partial charge in [-0.25, -0.2) is 0 Å². The normalized spacial score (nSPS) is 9.89. The lowest BCUT2D eigenvalue weighted by molar-refractivity contribution is 0.0963. The van der Waals surface area contributed by atoms with E-state index < -0.39 is 0 Å². The lowest BCUT2D eigenvalue weighted by Gasteiger charge is -2.10. The van der Waals surface area contributed by atoms with Crippen molar-refractivity contribution < 1.29 is 4.79 Å². The van der Waals surface area contributed by atoms with Gasteiger partial charge >= 0.3 is 0 Å². The van der Waals surface area contributed by atoms with Crippen molar-refractivity contribution in [3.05, 3.63) is 59.7 Å². The van der Waals surface area contributed by atoms with Crippen molar-refractivity contribution in [3.63, 3.8) is 0 Å². The van der Waals surface area contributed by atoms with Crippen LogP contribution in [0.25, 0.3) is 0 Å². The molecule has 0 atom stereocenters. The summed E-state index contributed by atoms with van der Waals surface area (Å²) in [5, 5.41) is 5.94. The molecule has 92 valence electrons. The van der Waals surface area contributed by atoms with E-state index in [1.807, 2.05) is 55.5 Å². The minimum Gasteiger partial charge on any atom is -0.355 e. The summed E-state index contributed by atoms with van der Waals surface area (Å²) in [5.74, 6) is -0.0654. The number of hydrogen-bond acceptors (Lipinski definition) is 2. The third-order valence-corrected chi connectivity index (χ3v) is 2.77. The fourth-order valence-corrected chi connectivity index (χ4v) is 1.77. The average molecular weight is 240 g/mol. The van der Waals surface area contributed by atoms with Crippen LogP contribution in [0.3, 0.4) is 0 Å². The van der Waals surface area contributed by atoms with Gasteiger partial charge in [0.05, 0.1) is 0 Å². The number of nitrogens with one attached hydrogen (secondary N) is 2. The van der Waals surface area contributed by atoms with Crippen LogP contribution in [0, 0.1) is 6.92 Å². The number of benzene rings is 2. The van der Waals surface area contributed by atoms with Crippen LogP contribution < -0.4 is 10.6 Å². The van der Waals surface area contributed by atoms with Crippen molar-refractivity contribution in [1.29, 1.82) is 0 Å². The molecule has 0 radical (unpaired) electrons. The number of amides is 1. The van der Waals surface area contributed by atoms with E-state index in [0.717, 1.165) is 16.9 Å². The van der Waals surface area contributed by atoms with E-state index in [1.54, 1.807) is 7.05 Å². The largest absolute Gasteiger partial charge is 0.355 e. The van der Waals surface area contributed by atoms with Crippen molar-refractivity contribution in [1.82, 2.24) is 5.32 Å². The van der Waals surface area contributed by atoms with Gasteiger partial charge in [-0.1, -0.05) is 18.2 Å². The van der Waals surface area contributed by atoms with Gasteiger partial charge in [0.15, 0.2) is 0 Å². The zero-order valence-electron chi connectivity index (χ0n) is 10.5. The Morgan fingerprint density at radius 2 is 1.78 bits per heavy atom. The quantitative estimate of drug-likeness (QED) is 0.865. The molecule has 0 aliphatic carbocycles. The summed E-state index contributed by atoms with van der Waals surface area (Å²) in [4.78, 5) is 11.5. The number of carbonyl (C=O) groups is 1. The van der Waals surface area contributed by atoms with Gasteiger partial charge in [0.1, 0.15) is 0 Å². The van der Waals surface area contributed by atoms with Gasteiger partial charge in [0.2, 0.25) is 0 Å². The zero-order chi connectivity index (χ0) is 13.0. The third-order valence-electron chi connectivity index (χ3n) is 2.77. The zero-order valence-corrected chi connectivity index (χ0v) is 10.5. The van der Waals surface area contributed by atoms with Gasteiger partial charge in [-0.15, -0.1) is 0 Å². The van der Waals surface area contributed by atoms with Crippen LogP contribution in [0.1, 0.15) is 15.9 Å². The second-order valence-electron chi connectivity index (χ2n) is 4.10. The van der Waals surface area contributed by atoms with E-state index in [0.29, 0.717) is 5.56 Å². The van der Waals surface area contributed by atoms with Crippen molar-refractivity contribution >= 4 is 17.3 Å². The molecule has 0 fully saturated rings. The van der Waals surface area contributed by atoms with Crippen LogP contribution in [0.5, 0.6) is 0 Å². The van der Waals surface area contributed by atoms with Gasteiger partial charge in [-0.3, -0.25) is 4.79 Å². The van der Waals surface area contributed by atoms with E-state index in [2.05, 4.69) is 10.6 Å². The topological polar surface area (TPSA) is 41.1 Å². The van der Waals surface area contributed by atoms with Crippen molar-refractivity contribution in [2.75, 3.05) is 12.4 Å². The van der Waals surface area contributed by atoms with E-state index in [-0.39, 0.29) is 5.91 Å². The van der Waals surface area contributed by atoms with Crippen LogP contribution in [0.2, 0.25) is 0 Å². The molecule has 1 amide bonds. The van der Waals surface area contributed by atoms with E-state index in [1.165, 1.54) is 0 Å². The molecule has 18 heavy (non-hydrogen) atoms. The molecule has 2 aromatic carbocycles. The molecule has 0 aliphatic rings. The second-order valence-corrected chi connectivity index (χ2v) is 4.10. The molecule has 0 unspecified atom stereocenters. The van der Waals surface area contributed by atoms with Crippen molar-refractivity contribution in [2.24, 2.45) is 0 Å². The molecule has 0 heterocycles. The summed E-state index contributed by atoms with van der Waals surface area (Å²) in [5.41, 5.74) is 3.76. The lowest BCUT2D eigenvalue weighted by atomic mass is 10.1. The van der Waals surface area contributed by atoms with Gasteiger partial charge in [-0.2, -0.15) is 0 Å². The monoisotopic (exact) mass is 240 g/mol. The fraction of sp³-hybridized carbons (Fsp3) is 0.133. The predicted octanol–water partition coefficient (Wildman–Crippen LogP) is 3.10. The molecule has 0 aromatic heterocycles. The molecule has 3 nitrogen and oxygen atoms in total. The molecular weight excluding hydrogens is 224 g/mol. The van der Waals surface area contributed by atoms with Crippen molar-refractivity contribution in [2.45, 2.75) is 6.92 Å². The summed E-state index contributed by atoms with van der Waals surface area (Å²) in [7, 11) is 1.63. The molecule has 3 heteroatoms. The fourth-order valence-electron chi connectivity index (χ4n) is 1.77. The molecule has 2 rings (SSSR count). The Hall–Kier alpha value is -2.29. The first-order valence-corrected chi connectivity index (χ1v) is 5.85. The Labute approximate surface area is 107 Å². The highest BCUT2D eigenvalue weighted by molar-refractivity contribution is 5.94. The highest BCUT2D eigenvalue weighted by Gasteiger charge is 2.05. The van der Waals surface area contributed by atoms with Gasteiger partial charge in [0.25, 0.3) is 5.91 Å². The Kier molecular flexibility index (Phi) is 3.63. The summed E-state index contributed by atoms with van der Waals surface area (Å²) in [6.07, 6.45) is 0. The molecule has 0 aliphatic heterocycles. The highest BCUT2D eigenvalue weighted by Crippen LogP contribution is 2.21. The predicted molar refractivity (Wildman–Crippen MR) is 74.3 cm³/mol. The number of aryl methyl sites for hydroxylation is 1. The summed E-state index contributed by atoms with van der Waals surface area (Å²) < 4.78 is 0. The highest BCUT2D eigenvalue weighted by atomic mass is 16.1. The molecule has 0 saturated heterocycles. The Balaban J connectivity index is 2.23. The Bertz CT molecular complexity index is 550. The first-order chi connectivity index (χ1) is 8.70. The van der Waals surface area contributed by atoms with Gasteiger partial charge < -0.3 is 10.6 Å². The maximum absolute atomic E-state index is 11.5. The number of para-hydroxylation sites is 1. The first-order valence-electron chi connectivity index (χ1n) is 5.85. The van der Waals surface area contributed by atoms with Crippen molar-refractivity contribution in [3.8, 4) is 0 Å². The minimum atomic E-state index is -0.0654. The molecule has 0 bridgehead atoms. The maximum atomic E-state index is 11.5. The summed E-state index contributed by atoms with van der Waals surface area (Å²) in [6, 6.07) is 15.6. The van der Waals surface area contributed by atoms with Crippen LogP contribution in [-0.2, 0) is 0 Å². The number of hydrogen-bond donors (Lipinski definition) is 2. The summed E-state index contributed by atoms with van der Waals surface area (Å²) in [6.45, 7) is 1.98.